The lowest BCUT2D eigenvalue weighted by atomic mass is 10.0. The molecule has 1 aromatic heterocycles. The monoisotopic (exact) mass is 270 g/mol. The number of rotatable bonds is 2. The molecule has 6 heteroatoms. The van der Waals surface area contributed by atoms with Crippen molar-refractivity contribution >= 4 is 30.2 Å². The lowest BCUT2D eigenvalue weighted by Crippen LogP contribution is -2.01. The first-order valence-electron chi connectivity index (χ1n) is 5.64. The summed E-state index contributed by atoms with van der Waals surface area (Å²) in [5, 5.41) is 17.7. The molecule has 1 aliphatic rings. The van der Waals surface area contributed by atoms with Crippen molar-refractivity contribution in [2.75, 3.05) is 0 Å². The maximum Gasteiger partial charge on any atom is 0.215 e. The summed E-state index contributed by atoms with van der Waals surface area (Å²) >= 11 is 4.92. The summed E-state index contributed by atoms with van der Waals surface area (Å²) in [6, 6.07) is 9.74. The highest BCUT2D eigenvalue weighted by atomic mass is 32.1. The van der Waals surface area contributed by atoms with Crippen LogP contribution in [0.25, 0.3) is 6.08 Å². The molecule has 1 aromatic carbocycles. The normalized spacial score (nSPS) is 16.0. The summed E-state index contributed by atoms with van der Waals surface area (Å²) in [7, 11) is 0. The highest BCUT2D eigenvalue weighted by molar-refractivity contribution is 7.71. The third-order valence-corrected chi connectivity index (χ3v) is 2.91. The number of nitrogens with one attached hydrogen (secondary N) is 2. The summed E-state index contributed by atoms with van der Waals surface area (Å²) in [6.07, 6.45) is 3.40. The topological polar surface area (TPSA) is 76.5 Å². The van der Waals surface area contributed by atoms with E-state index in [0.29, 0.717) is 10.5 Å². The third-order valence-electron chi connectivity index (χ3n) is 2.71. The minimum atomic E-state index is 0.00483. The molecular formula is C13H10N4OS. The number of allylic oxidation sites excluding steroid dienone is 1. The van der Waals surface area contributed by atoms with Crippen LogP contribution in [0.3, 0.4) is 0 Å². The SMILES string of the molecule is Oc1[nH]c(=S)[nH]c1/C=C1\C=NN=C1c1ccccc1. The highest BCUT2D eigenvalue weighted by Gasteiger charge is 2.14. The van der Waals surface area contributed by atoms with Crippen LogP contribution in [0.1, 0.15) is 11.3 Å². The maximum absolute atomic E-state index is 9.67. The second-order valence-corrected chi connectivity index (χ2v) is 4.41. The van der Waals surface area contributed by atoms with Crippen molar-refractivity contribution in [3.63, 3.8) is 0 Å². The van der Waals surface area contributed by atoms with Crippen LogP contribution in [0.4, 0.5) is 0 Å². The number of hydrogen-bond acceptors (Lipinski definition) is 4. The van der Waals surface area contributed by atoms with Gasteiger partial charge in [0.15, 0.2) is 4.77 Å². The van der Waals surface area contributed by atoms with Gasteiger partial charge in [0.2, 0.25) is 5.88 Å². The molecule has 0 amide bonds. The van der Waals surface area contributed by atoms with Crippen LogP contribution in [-0.2, 0) is 0 Å². The Balaban J connectivity index is 2.02. The standard InChI is InChI=1S/C13H10N4OS/c18-12-10(15-13(19)16-12)6-9-7-14-17-11(9)8-4-2-1-3-5-8/h1-7,18H,(H2,15,16,19)/b9-6+. The number of H-pyrrole nitrogens is 2. The first-order valence-corrected chi connectivity index (χ1v) is 6.04. The summed E-state index contributed by atoms with van der Waals surface area (Å²) in [6.45, 7) is 0. The Morgan fingerprint density at radius 1 is 1.16 bits per heavy atom. The molecule has 3 N–H and O–H groups in total. The van der Waals surface area contributed by atoms with E-state index in [1.165, 1.54) is 0 Å². The first kappa shape index (κ1) is 11.6. The van der Waals surface area contributed by atoms with Crippen LogP contribution in [0.15, 0.2) is 46.1 Å². The molecule has 0 saturated heterocycles. The zero-order valence-corrected chi connectivity index (χ0v) is 10.6. The van der Waals surface area contributed by atoms with Gasteiger partial charge in [-0.2, -0.15) is 5.10 Å². The minimum Gasteiger partial charge on any atom is -0.493 e. The molecule has 0 unspecified atom stereocenters. The average molecular weight is 270 g/mol. The van der Waals surface area contributed by atoms with E-state index >= 15 is 0 Å². The molecule has 5 nitrogen and oxygen atoms in total. The highest BCUT2D eigenvalue weighted by Crippen LogP contribution is 2.19. The van der Waals surface area contributed by atoms with Gasteiger partial charge < -0.3 is 15.1 Å². The quantitative estimate of drug-likeness (QED) is 0.734. The summed E-state index contributed by atoms with van der Waals surface area (Å²) in [4.78, 5) is 5.48. The van der Waals surface area contributed by atoms with E-state index < -0.39 is 0 Å². The van der Waals surface area contributed by atoms with Gasteiger partial charge in [0, 0.05) is 11.1 Å². The van der Waals surface area contributed by atoms with Gasteiger partial charge in [-0.25, -0.2) is 0 Å². The molecule has 0 saturated carbocycles. The van der Waals surface area contributed by atoms with Crippen molar-refractivity contribution in [2.45, 2.75) is 0 Å². The Hall–Kier alpha value is -2.47. The first-order chi connectivity index (χ1) is 9.24. The molecule has 0 radical (unpaired) electrons. The van der Waals surface area contributed by atoms with Gasteiger partial charge >= 0.3 is 0 Å². The Labute approximate surface area is 114 Å². The second-order valence-electron chi connectivity index (χ2n) is 4.00. The van der Waals surface area contributed by atoms with Crippen molar-refractivity contribution in [1.82, 2.24) is 9.97 Å². The number of aromatic nitrogens is 2. The Morgan fingerprint density at radius 3 is 2.63 bits per heavy atom. The Kier molecular flexibility index (Phi) is 2.85. The van der Waals surface area contributed by atoms with E-state index in [1.807, 2.05) is 30.3 Å². The zero-order valence-electron chi connectivity index (χ0n) is 9.79. The summed E-state index contributed by atoms with van der Waals surface area (Å²) < 4.78 is 0.373. The molecule has 0 aliphatic carbocycles. The van der Waals surface area contributed by atoms with Crippen molar-refractivity contribution in [3.8, 4) is 5.88 Å². The van der Waals surface area contributed by atoms with Gasteiger partial charge in [-0.05, 0) is 18.3 Å². The van der Waals surface area contributed by atoms with E-state index in [-0.39, 0.29) is 5.88 Å². The minimum absolute atomic E-state index is 0.00483. The van der Waals surface area contributed by atoms with E-state index in [2.05, 4.69) is 20.2 Å². The molecule has 94 valence electrons. The van der Waals surface area contributed by atoms with Crippen LogP contribution in [0.5, 0.6) is 5.88 Å². The van der Waals surface area contributed by atoms with Crippen LogP contribution < -0.4 is 0 Å². The van der Waals surface area contributed by atoms with Gasteiger partial charge in [-0.15, -0.1) is 5.10 Å². The van der Waals surface area contributed by atoms with Gasteiger partial charge in [-0.1, -0.05) is 30.3 Å². The molecule has 0 atom stereocenters. The molecular weight excluding hydrogens is 260 g/mol. The van der Waals surface area contributed by atoms with Gasteiger partial charge in [0.05, 0.1) is 6.21 Å². The van der Waals surface area contributed by atoms with Crippen LogP contribution in [0, 0.1) is 4.77 Å². The maximum atomic E-state index is 9.67. The van der Waals surface area contributed by atoms with E-state index in [4.69, 9.17) is 12.2 Å². The predicted octanol–water partition coefficient (Wildman–Crippen LogP) is 2.65. The fraction of sp³-hybridized carbons (Fsp3) is 0. The fourth-order valence-electron chi connectivity index (χ4n) is 1.84. The molecule has 19 heavy (non-hydrogen) atoms. The van der Waals surface area contributed by atoms with Crippen molar-refractivity contribution in [2.24, 2.45) is 10.2 Å². The lowest BCUT2D eigenvalue weighted by Gasteiger charge is -2.01. The number of imidazole rings is 1. The molecule has 1 aliphatic heterocycles. The van der Waals surface area contributed by atoms with Crippen LogP contribution in [0.2, 0.25) is 0 Å². The summed E-state index contributed by atoms with van der Waals surface area (Å²) in [5.41, 5.74) is 3.06. The van der Waals surface area contributed by atoms with Gasteiger partial charge in [0.1, 0.15) is 11.4 Å². The third kappa shape index (κ3) is 2.25. The molecule has 2 aromatic rings. The van der Waals surface area contributed by atoms with E-state index in [0.717, 1.165) is 16.8 Å². The van der Waals surface area contributed by atoms with Crippen LogP contribution in [-0.4, -0.2) is 27.0 Å². The number of aromatic amines is 2. The Morgan fingerprint density at radius 2 is 1.95 bits per heavy atom. The fourth-order valence-corrected chi connectivity index (χ4v) is 2.05. The second kappa shape index (κ2) is 4.66. The summed E-state index contributed by atoms with van der Waals surface area (Å²) in [5.74, 6) is 0.00483. The number of hydrogen-bond donors (Lipinski definition) is 3. The smallest absolute Gasteiger partial charge is 0.215 e. The van der Waals surface area contributed by atoms with Gasteiger partial charge in [-0.3, -0.25) is 0 Å². The predicted molar refractivity (Wildman–Crippen MR) is 77.1 cm³/mol. The molecule has 0 fully saturated rings. The molecule has 3 rings (SSSR count). The molecule has 0 bridgehead atoms. The number of nitrogens with zero attached hydrogens (tertiary/aromatic N) is 2. The lowest BCUT2D eigenvalue weighted by molar-refractivity contribution is 0.455. The molecule has 2 heterocycles. The van der Waals surface area contributed by atoms with E-state index in [9.17, 15) is 5.11 Å². The van der Waals surface area contributed by atoms with Crippen molar-refractivity contribution in [3.05, 3.63) is 51.9 Å². The zero-order chi connectivity index (χ0) is 13.2. The molecule has 0 spiro atoms. The van der Waals surface area contributed by atoms with Crippen molar-refractivity contribution in [1.29, 1.82) is 0 Å². The number of benzene rings is 1. The van der Waals surface area contributed by atoms with Crippen LogP contribution >= 0.6 is 12.2 Å². The largest absolute Gasteiger partial charge is 0.493 e. The average Bonchev–Trinajstić information content (AvgIpc) is 2.98. The Bertz CT molecular complexity index is 752. The van der Waals surface area contributed by atoms with Gasteiger partial charge in [0.25, 0.3) is 0 Å². The van der Waals surface area contributed by atoms with E-state index in [1.54, 1.807) is 12.3 Å². The van der Waals surface area contributed by atoms with Crippen molar-refractivity contribution < 1.29 is 5.11 Å². The number of aromatic hydroxyl groups is 1.